The standard InChI is InChI=1S/C22H39NO/c1-4-6-7-8-18-9-13-20(14-10-18)21-15-11-19(12-16-21)17-23(3)22(24)5-2/h5,18-21H,2,4,6-17H2,1,3H3. The van der Waals surface area contributed by atoms with Crippen LogP contribution in [0.3, 0.4) is 0 Å². The molecule has 2 aliphatic carbocycles. The third kappa shape index (κ3) is 5.93. The fourth-order valence-electron chi connectivity index (χ4n) is 5.11. The summed E-state index contributed by atoms with van der Waals surface area (Å²) in [5.41, 5.74) is 0. The SMILES string of the molecule is C=CC(=O)N(C)CC1CCC(C2CCC(CCCCC)CC2)CC1. The maximum Gasteiger partial charge on any atom is 0.245 e. The Kier molecular flexibility index (Phi) is 8.35. The molecule has 0 aliphatic heterocycles. The number of carbonyl (C=O) groups excluding carboxylic acids is 1. The van der Waals surface area contributed by atoms with Crippen LogP contribution in [0.2, 0.25) is 0 Å². The average Bonchev–Trinajstić information content (AvgIpc) is 2.62. The number of amides is 1. The second kappa shape index (κ2) is 10.3. The van der Waals surface area contributed by atoms with Gasteiger partial charge in [-0.3, -0.25) is 4.79 Å². The number of likely N-dealkylation sites (N-methyl/N-ethyl adjacent to an activating group) is 1. The molecule has 0 aromatic carbocycles. The van der Waals surface area contributed by atoms with Crippen LogP contribution in [0.4, 0.5) is 0 Å². The van der Waals surface area contributed by atoms with E-state index < -0.39 is 0 Å². The van der Waals surface area contributed by atoms with E-state index in [2.05, 4.69) is 13.5 Å². The van der Waals surface area contributed by atoms with Gasteiger partial charge >= 0.3 is 0 Å². The van der Waals surface area contributed by atoms with Crippen LogP contribution in [-0.2, 0) is 4.79 Å². The zero-order valence-corrected chi connectivity index (χ0v) is 16.1. The number of hydrogen-bond donors (Lipinski definition) is 0. The van der Waals surface area contributed by atoms with Crippen molar-refractivity contribution >= 4 is 5.91 Å². The molecular formula is C22H39NO. The third-order valence-corrected chi connectivity index (χ3v) is 6.75. The van der Waals surface area contributed by atoms with Crippen molar-refractivity contribution in [2.75, 3.05) is 13.6 Å². The Morgan fingerprint density at radius 2 is 1.50 bits per heavy atom. The quantitative estimate of drug-likeness (QED) is 0.404. The Morgan fingerprint density at radius 3 is 2.00 bits per heavy atom. The van der Waals surface area contributed by atoms with Crippen LogP contribution < -0.4 is 0 Å². The Morgan fingerprint density at radius 1 is 0.958 bits per heavy atom. The van der Waals surface area contributed by atoms with Crippen molar-refractivity contribution in [1.29, 1.82) is 0 Å². The highest BCUT2D eigenvalue weighted by Gasteiger charge is 2.31. The zero-order valence-electron chi connectivity index (χ0n) is 16.1. The molecule has 0 aromatic rings. The highest BCUT2D eigenvalue weighted by atomic mass is 16.2. The van der Waals surface area contributed by atoms with Gasteiger partial charge in [-0.25, -0.2) is 0 Å². The number of hydrogen-bond acceptors (Lipinski definition) is 1. The molecule has 0 heterocycles. The van der Waals surface area contributed by atoms with Gasteiger partial charge in [-0.15, -0.1) is 0 Å². The van der Waals surface area contributed by atoms with Crippen LogP contribution in [0.1, 0.15) is 84.0 Å². The maximum atomic E-state index is 11.6. The average molecular weight is 334 g/mol. The summed E-state index contributed by atoms with van der Waals surface area (Å²) in [6.45, 7) is 6.81. The van der Waals surface area contributed by atoms with Crippen LogP contribution in [-0.4, -0.2) is 24.4 Å². The molecule has 2 nitrogen and oxygen atoms in total. The van der Waals surface area contributed by atoms with Gasteiger partial charge in [0.2, 0.25) is 5.91 Å². The first-order chi connectivity index (χ1) is 11.6. The molecule has 0 N–H and O–H groups in total. The zero-order chi connectivity index (χ0) is 17.4. The molecule has 1 amide bonds. The van der Waals surface area contributed by atoms with E-state index >= 15 is 0 Å². The molecule has 0 bridgehead atoms. The maximum absolute atomic E-state index is 11.6. The molecule has 0 aromatic heterocycles. The predicted molar refractivity (Wildman–Crippen MR) is 103 cm³/mol. The number of rotatable bonds is 8. The van der Waals surface area contributed by atoms with Gasteiger partial charge < -0.3 is 4.90 Å². The van der Waals surface area contributed by atoms with Crippen LogP contribution in [0.25, 0.3) is 0 Å². The minimum absolute atomic E-state index is 0.0681. The topological polar surface area (TPSA) is 20.3 Å². The second-order valence-electron chi connectivity index (χ2n) is 8.48. The van der Waals surface area contributed by atoms with E-state index in [1.807, 2.05) is 11.9 Å². The monoisotopic (exact) mass is 333 g/mol. The molecule has 0 radical (unpaired) electrons. The first-order valence-corrected chi connectivity index (χ1v) is 10.5. The largest absolute Gasteiger partial charge is 0.342 e. The van der Waals surface area contributed by atoms with Crippen molar-refractivity contribution in [1.82, 2.24) is 4.90 Å². The number of unbranched alkanes of at least 4 members (excludes halogenated alkanes) is 2. The number of carbonyl (C=O) groups is 1. The molecule has 2 fully saturated rings. The number of nitrogens with zero attached hydrogens (tertiary/aromatic N) is 1. The molecule has 2 heteroatoms. The molecule has 2 saturated carbocycles. The van der Waals surface area contributed by atoms with Gasteiger partial charge in [-0.1, -0.05) is 52.0 Å². The second-order valence-corrected chi connectivity index (χ2v) is 8.48. The minimum Gasteiger partial charge on any atom is -0.342 e. The van der Waals surface area contributed by atoms with Gasteiger partial charge in [0.15, 0.2) is 0 Å². The Balaban J connectivity index is 1.64. The van der Waals surface area contributed by atoms with E-state index in [9.17, 15) is 4.79 Å². The van der Waals surface area contributed by atoms with Crippen molar-refractivity contribution in [3.63, 3.8) is 0 Å². The summed E-state index contributed by atoms with van der Waals surface area (Å²) >= 11 is 0. The van der Waals surface area contributed by atoms with Crippen LogP contribution in [0.5, 0.6) is 0 Å². The Labute approximate surface area is 150 Å². The van der Waals surface area contributed by atoms with E-state index in [4.69, 9.17) is 0 Å². The fraction of sp³-hybridized carbons (Fsp3) is 0.864. The van der Waals surface area contributed by atoms with E-state index in [0.29, 0.717) is 5.92 Å². The van der Waals surface area contributed by atoms with E-state index in [-0.39, 0.29) is 5.91 Å². The lowest BCUT2D eigenvalue weighted by atomic mass is 9.68. The van der Waals surface area contributed by atoms with Gasteiger partial charge in [0.1, 0.15) is 0 Å². The van der Waals surface area contributed by atoms with E-state index in [0.717, 1.165) is 24.3 Å². The molecule has 0 unspecified atom stereocenters. The van der Waals surface area contributed by atoms with Crippen molar-refractivity contribution in [3.8, 4) is 0 Å². The summed E-state index contributed by atoms with van der Waals surface area (Å²) in [6.07, 6.45) is 18.5. The summed E-state index contributed by atoms with van der Waals surface area (Å²) in [6, 6.07) is 0. The summed E-state index contributed by atoms with van der Waals surface area (Å²) in [4.78, 5) is 13.5. The molecule has 0 spiro atoms. The molecule has 138 valence electrons. The van der Waals surface area contributed by atoms with Crippen molar-refractivity contribution in [3.05, 3.63) is 12.7 Å². The van der Waals surface area contributed by atoms with Crippen LogP contribution in [0.15, 0.2) is 12.7 Å². The van der Waals surface area contributed by atoms with Gasteiger partial charge in [0.25, 0.3) is 0 Å². The first-order valence-electron chi connectivity index (χ1n) is 10.5. The van der Waals surface area contributed by atoms with Gasteiger partial charge in [-0.2, -0.15) is 0 Å². The molecule has 0 atom stereocenters. The van der Waals surface area contributed by atoms with Gasteiger partial charge in [-0.05, 0) is 68.3 Å². The normalized spacial score (nSPS) is 30.8. The van der Waals surface area contributed by atoms with Crippen molar-refractivity contribution in [2.24, 2.45) is 23.7 Å². The summed E-state index contributed by atoms with van der Waals surface area (Å²) < 4.78 is 0. The lowest BCUT2D eigenvalue weighted by molar-refractivity contribution is -0.125. The van der Waals surface area contributed by atoms with E-state index in [1.165, 1.54) is 83.1 Å². The minimum atomic E-state index is 0.0681. The van der Waals surface area contributed by atoms with Gasteiger partial charge in [0.05, 0.1) is 0 Å². The van der Waals surface area contributed by atoms with Crippen LogP contribution in [0, 0.1) is 23.7 Å². The van der Waals surface area contributed by atoms with Crippen molar-refractivity contribution < 1.29 is 4.79 Å². The lowest BCUT2D eigenvalue weighted by Crippen LogP contribution is -2.33. The molecule has 24 heavy (non-hydrogen) atoms. The predicted octanol–water partition coefficient (Wildman–Crippen LogP) is 5.82. The highest BCUT2D eigenvalue weighted by Crippen LogP contribution is 2.42. The van der Waals surface area contributed by atoms with Crippen molar-refractivity contribution in [2.45, 2.75) is 84.0 Å². The summed E-state index contributed by atoms with van der Waals surface area (Å²) in [7, 11) is 1.91. The first kappa shape index (κ1) is 19.5. The molecule has 0 saturated heterocycles. The summed E-state index contributed by atoms with van der Waals surface area (Å²) in [5.74, 6) is 3.78. The Hall–Kier alpha value is -0.790. The lowest BCUT2D eigenvalue weighted by Gasteiger charge is -2.38. The Bertz CT molecular complexity index is 375. The van der Waals surface area contributed by atoms with E-state index in [1.54, 1.807) is 0 Å². The van der Waals surface area contributed by atoms with Crippen LogP contribution >= 0.6 is 0 Å². The van der Waals surface area contributed by atoms with Gasteiger partial charge in [0, 0.05) is 13.6 Å². The summed E-state index contributed by atoms with van der Waals surface area (Å²) in [5, 5.41) is 0. The third-order valence-electron chi connectivity index (χ3n) is 6.75. The fourth-order valence-corrected chi connectivity index (χ4v) is 5.11. The molecule has 2 rings (SSSR count). The smallest absolute Gasteiger partial charge is 0.245 e. The molecular weight excluding hydrogens is 294 g/mol. The molecule has 2 aliphatic rings. The highest BCUT2D eigenvalue weighted by molar-refractivity contribution is 5.86.